The number of hydrogen-bond donors (Lipinski definition) is 1. The molecular formula is C26H29N7O2. The van der Waals surface area contributed by atoms with E-state index in [2.05, 4.69) is 31.8 Å². The summed E-state index contributed by atoms with van der Waals surface area (Å²) in [6.07, 6.45) is 8.92. The number of benzene rings is 1. The molecule has 1 saturated carbocycles. The number of rotatable bonds is 3. The molecule has 1 aliphatic carbocycles. The van der Waals surface area contributed by atoms with Crippen molar-refractivity contribution in [2.24, 2.45) is 4.99 Å². The van der Waals surface area contributed by atoms with Crippen LogP contribution in [0.15, 0.2) is 41.5 Å². The van der Waals surface area contributed by atoms with Crippen LogP contribution in [-0.4, -0.2) is 75.6 Å². The smallest absolute Gasteiger partial charge is 0.293 e. The lowest BCUT2D eigenvalue weighted by Crippen LogP contribution is -2.47. The SMILES string of the molecule is CN1CCN(C(=O)c2ccc(Nc3ncc4cc5n(c4n3)C3(C=NC5=O)CCCCC3)cc2)CC1. The first-order valence-corrected chi connectivity index (χ1v) is 12.4. The molecule has 2 fully saturated rings. The average molecular weight is 472 g/mol. The van der Waals surface area contributed by atoms with Crippen molar-refractivity contribution < 1.29 is 9.59 Å². The number of hydrogen-bond acceptors (Lipinski definition) is 6. The van der Waals surface area contributed by atoms with E-state index in [-0.39, 0.29) is 17.4 Å². The van der Waals surface area contributed by atoms with Crippen LogP contribution < -0.4 is 5.32 Å². The van der Waals surface area contributed by atoms with Gasteiger partial charge in [0.05, 0.1) is 5.54 Å². The number of piperazine rings is 1. The van der Waals surface area contributed by atoms with Crippen LogP contribution in [0, 0.1) is 0 Å². The second-order valence-electron chi connectivity index (χ2n) is 9.86. The summed E-state index contributed by atoms with van der Waals surface area (Å²) in [5, 5.41) is 4.10. The summed E-state index contributed by atoms with van der Waals surface area (Å²) < 4.78 is 2.08. The van der Waals surface area contributed by atoms with Gasteiger partial charge < -0.3 is 19.7 Å². The predicted molar refractivity (Wildman–Crippen MR) is 135 cm³/mol. The Morgan fingerprint density at radius 1 is 1.03 bits per heavy atom. The van der Waals surface area contributed by atoms with E-state index in [1.54, 1.807) is 6.20 Å². The van der Waals surface area contributed by atoms with Gasteiger partial charge in [-0.1, -0.05) is 19.3 Å². The zero-order valence-corrected chi connectivity index (χ0v) is 19.9. The summed E-state index contributed by atoms with van der Waals surface area (Å²) in [6.45, 7) is 3.29. The van der Waals surface area contributed by atoms with E-state index in [9.17, 15) is 9.59 Å². The standard InChI is InChI=1S/C26H29N7O2/c1-31-11-13-32(14-12-31)24(35)18-5-7-20(8-6-18)29-25-27-16-19-15-21-23(34)28-17-26(9-3-2-4-10-26)33(21)22(19)30-25/h5-8,15-17H,2-4,9-14H2,1H3,(H,27,29,30). The Balaban J connectivity index is 1.26. The third kappa shape index (κ3) is 3.89. The second kappa shape index (κ2) is 8.57. The third-order valence-electron chi connectivity index (χ3n) is 7.53. The lowest BCUT2D eigenvalue weighted by atomic mass is 9.81. The van der Waals surface area contributed by atoms with Crippen molar-refractivity contribution >= 4 is 40.7 Å². The van der Waals surface area contributed by atoms with E-state index in [1.807, 2.05) is 41.4 Å². The first kappa shape index (κ1) is 21.9. The molecule has 35 heavy (non-hydrogen) atoms. The molecule has 3 aliphatic rings. The molecule has 180 valence electrons. The number of carbonyl (C=O) groups is 2. The lowest BCUT2D eigenvalue weighted by Gasteiger charge is -2.38. The number of anilines is 2. The van der Waals surface area contributed by atoms with Crippen molar-refractivity contribution in [1.29, 1.82) is 0 Å². The van der Waals surface area contributed by atoms with Gasteiger partial charge in [-0.05, 0) is 50.2 Å². The van der Waals surface area contributed by atoms with E-state index in [4.69, 9.17) is 4.98 Å². The van der Waals surface area contributed by atoms with Crippen LogP contribution in [0.1, 0.15) is 53.0 Å². The number of fused-ring (bicyclic) bond motifs is 4. The fourth-order valence-corrected chi connectivity index (χ4v) is 5.49. The molecule has 2 aromatic heterocycles. The van der Waals surface area contributed by atoms with Crippen molar-refractivity contribution in [3.05, 3.63) is 47.8 Å². The molecule has 0 unspecified atom stereocenters. The zero-order valence-electron chi connectivity index (χ0n) is 19.9. The minimum absolute atomic E-state index is 0.0613. The Morgan fingerprint density at radius 3 is 2.51 bits per heavy atom. The van der Waals surface area contributed by atoms with Crippen LogP contribution in [0.4, 0.5) is 11.6 Å². The lowest BCUT2D eigenvalue weighted by molar-refractivity contribution is 0.0664. The summed E-state index contributed by atoms with van der Waals surface area (Å²) in [7, 11) is 2.08. The van der Waals surface area contributed by atoms with Crippen LogP contribution in [-0.2, 0) is 5.54 Å². The molecule has 0 radical (unpaired) electrons. The van der Waals surface area contributed by atoms with Gasteiger partial charge in [0.1, 0.15) is 11.3 Å². The summed E-state index contributed by atoms with van der Waals surface area (Å²) in [5.74, 6) is 0.290. The highest BCUT2D eigenvalue weighted by atomic mass is 16.2. The number of likely N-dealkylation sites (N-methyl/N-ethyl adjacent to an activating group) is 1. The van der Waals surface area contributed by atoms with Gasteiger partial charge in [-0.25, -0.2) is 9.98 Å². The van der Waals surface area contributed by atoms with Crippen LogP contribution in [0.5, 0.6) is 0 Å². The van der Waals surface area contributed by atoms with Gasteiger partial charge in [-0.2, -0.15) is 4.98 Å². The highest BCUT2D eigenvalue weighted by Crippen LogP contribution is 2.39. The molecule has 6 rings (SSSR count). The molecule has 3 aromatic rings. The first-order chi connectivity index (χ1) is 17.0. The van der Waals surface area contributed by atoms with Crippen molar-refractivity contribution in [3.8, 4) is 0 Å². The molecule has 2 amide bonds. The molecular weight excluding hydrogens is 442 g/mol. The Morgan fingerprint density at radius 2 is 1.77 bits per heavy atom. The maximum absolute atomic E-state index is 12.8. The van der Waals surface area contributed by atoms with Crippen LogP contribution in [0.25, 0.3) is 11.0 Å². The van der Waals surface area contributed by atoms with Crippen LogP contribution in [0.3, 0.4) is 0 Å². The maximum Gasteiger partial charge on any atom is 0.293 e. The molecule has 0 atom stereocenters. The quantitative estimate of drug-likeness (QED) is 0.629. The van der Waals surface area contributed by atoms with Crippen molar-refractivity contribution in [2.45, 2.75) is 37.6 Å². The fourth-order valence-electron chi connectivity index (χ4n) is 5.49. The summed E-state index contributed by atoms with van der Waals surface area (Å²) >= 11 is 0. The van der Waals surface area contributed by atoms with Gasteiger partial charge in [0.2, 0.25) is 5.95 Å². The first-order valence-electron chi connectivity index (χ1n) is 12.4. The molecule has 9 nitrogen and oxygen atoms in total. The largest absolute Gasteiger partial charge is 0.336 e. The Kier molecular flexibility index (Phi) is 5.36. The number of nitrogens with one attached hydrogen (secondary N) is 1. The van der Waals surface area contributed by atoms with Crippen LogP contribution >= 0.6 is 0 Å². The van der Waals surface area contributed by atoms with Crippen molar-refractivity contribution in [2.75, 3.05) is 38.5 Å². The molecule has 1 aromatic carbocycles. The molecule has 1 saturated heterocycles. The third-order valence-corrected chi connectivity index (χ3v) is 7.53. The molecule has 1 spiro atoms. The zero-order chi connectivity index (χ0) is 24.0. The Bertz CT molecular complexity index is 1310. The van der Waals surface area contributed by atoms with E-state index in [0.29, 0.717) is 17.2 Å². The number of nitrogens with zero attached hydrogens (tertiary/aromatic N) is 6. The number of aliphatic imine (C=N–C) groups is 1. The second-order valence-corrected chi connectivity index (χ2v) is 9.86. The maximum atomic E-state index is 12.8. The fraction of sp³-hybridized carbons (Fsp3) is 0.423. The number of carbonyl (C=O) groups excluding carboxylic acids is 2. The van der Waals surface area contributed by atoms with Crippen molar-refractivity contribution in [1.82, 2.24) is 24.3 Å². The summed E-state index contributed by atoms with van der Waals surface area (Å²) in [4.78, 5) is 43.0. The van der Waals surface area contributed by atoms with Gasteiger partial charge in [0, 0.05) is 55.2 Å². The van der Waals surface area contributed by atoms with E-state index in [0.717, 1.165) is 68.6 Å². The predicted octanol–water partition coefficient (Wildman–Crippen LogP) is 3.45. The molecule has 9 heteroatoms. The highest BCUT2D eigenvalue weighted by Gasteiger charge is 2.39. The average Bonchev–Trinajstić information content (AvgIpc) is 3.28. The minimum Gasteiger partial charge on any atom is -0.336 e. The minimum atomic E-state index is -0.292. The molecule has 0 bridgehead atoms. The number of aromatic nitrogens is 3. The topological polar surface area (TPSA) is 95.7 Å². The summed E-state index contributed by atoms with van der Waals surface area (Å²) in [5.41, 5.74) is 2.52. The normalized spacial score (nSPS) is 19.8. The van der Waals surface area contributed by atoms with Crippen molar-refractivity contribution in [3.63, 3.8) is 0 Å². The molecule has 4 heterocycles. The Hall–Kier alpha value is -3.59. The van der Waals surface area contributed by atoms with Gasteiger partial charge in [0.15, 0.2) is 0 Å². The van der Waals surface area contributed by atoms with Crippen LogP contribution in [0.2, 0.25) is 0 Å². The van der Waals surface area contributed by atoms with Gasteiger partial charge in [-0.15, -0.1) is 0 Å². The number of amides is 2. The Labute approximate surface area is 203 Å². The summed E-state index contributed by atoms with van der Waals surface area (Å²) in [6, 6.07) is 9.29. The van der Waals surface area contributed by atoms with Gasteiger partial charge in [0.25, 0.3) is 11.8 Å². The molecule has 1 N–H and O–H groups in total. The van der Waals surface area contributed by atoms with E-state index < -0.39 is 0 Å². The van der Waals surface area contributed by atoms with Gasteiger partial charge in [-0.3, -0.25) is 9.59 Å². The highest BCUT2D eigenvalue weighted by molar-refractivity contribution is 6.05. The van der Waals surface area contributed by atoms with E-state index in [1.165, 1.54) is 6.42 Å². The monoisotopic (exact) mass is 471 g/mol. The van der Waals surface area contributed by atoms with E-state index >= 15 is 0 Å². The molecule has 2 aliphatic heterocycles. The van der Waals surface area contributed by atoms with Gasteiger partial charge >= 0.3 is 0 Å².